The van der Waals surface area contributed by atoms with Crippen LogP contribution >= 0.6 is 0 Å². The molecule has 142 valence electrons. The Labute approximate surface area is 153 Å². The molecule has 0 radical (unpaired) electrons. The summed E-state index contributed by atoms with van der Waals surface area (Å²) in [5, 5.41) is 11.7. The number of nitrogens with one attached hydrogen (secondary N) is 1. The Kier molecular flexibility index (Phi) is 4.37. The van der Waals surface area contributed by atoms with Gasteiger partial charge in [-0.3, -0.25) is 4.79 Å². The Bertz CT molecular complexity index is 975. The summed E-state index contributed by atoms with van der Waals surface area (Å²) in [6.45, 7) is 0.506. The van der Waals surface area contributed by atoms with E-state index in [1.54, 1.807) is 4.57 Å². The number of alkyl halides is 3. The molecule has 1 N–H and O–H groups in total. The lowest BCUT2D eigenvalue weighted by atomic mass is 9.97. The summed E-state index contributed by atoms with van der Waals surface area (Å²) in [6, 6.07) is 9.70. The van der Waals surface area contributed by atoms with E-state index in [9.17, 15) is 18.0 Å². The molecule has 0 spiro atoms. The molecule has 3 heterocycles. The third-order valence-electron chi connectivity index (χ3n) is 4.93. The zero-order valence-electron chi connectivity index (χ0n) is 14.4. The highest BCUT2D eigenvalue weighted by atomic mass is 19.4. The van der Waals surface area contributed by atoms with Crippen LogP contribution in [0.3, 0.4) is 0 Å². The molecule has 0 saturated heterocycles. The van der Waals surface area contributed by atoms with Gasteiger partial charge in [-0.1, -0.05) is 18.2 Å². The van der Waals surface area contributed by atoms with E-state index < -0.39 is 12.1 Å². The van der Waals surface area contributed by atoms with Gasteiger partial charge in [0, 0.05) is 24.7 Å². The summed E-state index contributed by atoms with van der Waals surface area (Å²) in [5.41, 5.74) is 0.964. The molecule has 9 heteroatoms. The number of hydrogen-bond acceptors (Lipinski definition) is 3. The normalized spacial score (nSPS) is 17.1. The van der Waals surface area contributed by atoms with Crippen molar-refractivity contribution in [1.82, 2.24) is 24.6 Å². The average Bonchev–Trinajstić information content (AvgIpc) is 3.23. The maximum atomic E-state index is 12.9. The number of amides is 1. The van der Waals surface area contributed by atoms with Gasteiger partial charge in [0.2, 0.25) is 5.91 Å². The fourth-order valence-electron chi connectivity index (χ4n) is 3.47. The van der Waals surface area contributed by atoms with E-state index in [4.69, 9.17) is 0 Å². The minimum absolute atomic E-state index is 0.00480. The number of hydrogen-bond donors (Lipinski definition) is 1. The van der Waals surface area contributed by atoms with Crippen LogP contribution in [0.1, 0.15) is 18.1 Å². The largest absolute Gasteiger partial charge is 0.392 e. The number of halogens is 3. The van der Waals surface area contributed by atoms with Gasteiger partial charge in [0.25, 0.3) is 0 Å². The van der Waals surface area contributed by atoms with Crippen LogP contribution in [0.2, 0.25) is 0 Å². The molecular formula is C18H18F3N5O. The number of fused-ring (bicyclic) bond motifs is 2. The topological polar surface area (TPSA) is 64.7 Å². The fraction of sp³-hybridized carbons (Fsp3) is 0.389. The molecular weight excluding hydrogens is 359 g/mol. The number of carbonyl (C=O) groups excluding carboxylic acids is 1. The molecule has 2 aromatic heterocycles. The minimum Gasteiger partial charge on any atom is -0.347 e. The Morgan fingerprint density at radius 2 is 2.04 bits per heavy atom. The zero-order valence-corrected chi connectivity index (χ0v) is 14.4. The van der Waals surface area contributed by atoms with Gasteiger partial charge in [0.15, 0.2) is 5.82 Å². The number of rotatable bonds is 4. The first kappa shape index (κ1) is 17.6. The number of para-hydroxylation sites is 1. The van der Waals surface area contributed by atoms with Gasteiger partial charge < -0.3 is 14.5 Å². The molecule has 1 amide bonds. The van der Waals surface area contributed by atoms with Gasteiger partial charge in [-0.05, 0) is 23.9 Å². The first-order valence-corrected chi connectivity index (χ1v) is 8.70. The quantitative estimate of drug-likeness (QED) is 0.760. The highest BCUT2D eigenvalue weighted by Gasteiger charge is 2.42. The van der Waals surface area contributed by atoms with Gasteiger partial charge in [-0.25, -0.2) is 0 Å². The Balaban J connectivity index is 1.38. The molecule has 0 fully saturated rings. The van der Waals surface area contributed by atoms with Gasteiger partial charge in [-0.2, -0.15) is 13.2 Å². The van der Waals surface area contributed by atoms with Crippen molar-refractivity contribution in [2.24, 2.45) is 5.92 Å². The van der Waals surface area contributed by atoms with E-state index in [1.807, 2.05) is 41.1 Å². The van der Waals surface area contributed by atoms with E-state index in [0.29, 0.717) is 11.6 Å². The second kappa shape index (κ2) is 6.71. The van der Waals surface area contributed by atoms with E-state index in [-0.39, 0.29) is 38.4 Å². The molecule has 1 aliphatic heterocycles. The van der Waals surface area contributed by atoms with Crippen LogP contribution in [0, 0.1) is 5.92 Å². The van der Waals surface area contributed by atoms with Crippen molar-refractivity contribution in [3.63, 3.8) is 0 Å². The Hall–Kier alpha value is -2.84. The standard InChI is InChI=1S/C18H18F3N5O/c19-18(20,21)13-6-8-26-15(9-13)23-24-16(26)10-22-17(27)11-25-7-5-12-3-1-2-4-14(12)25/h1-5,7,13H,6,8-11H2,(H,22,27). The second-order valence-corrected chi connectivity index (χ2v) is 6.69. The summed E-state index contributed by atoms with van der Waals surface area (Å²) in [5.74, 6) is -0.767. The first-order chi connectivity index (χ1) is 12.9. The van der Waals surface area contributed by atoms with Crippen molar-refractivity contribution in [1.29, 1.82) is 0 Å². The average molecular weight is 377 g/mol. The third-order valence-corrected chi connectivity index (χ3v) is 4.93. The van der Waals surface area contributed by atoms with Crippen LogP contribution in [-0.4, -0.2) is 31.4 Å². The lowest BCUT2D eigenvalue weighted by Gasteiger charge is -2.25. The van der Waals surface area contributed by atoms with Gasteiger partial charge >= 0.3 is 6.18 Å². The van der Waals surface area contributed by atoms with E-state index in [2.05, 4.69) is 15.5 Å². The highest BCUT2D eigenvalue weighted by Crippen LogP contribution is 2.34. The maximum Gasteiger partial charge on any atom is 0.392 e. The summed E-state index contributed by atoms with van der Waals surface area (Å²) >= 11 is 0. The van der Waals surface area contributed by atoms with Crippen LogP contribution in [-0.2, 0) is 30.8 Å². The van der Waals surface area contributed by atoms with E-state index >= 15 is 0 Å². The lowest BCUT2D eigenvalue weighted by Crippen LogP contribution is -2.33. The predicted octanol–water partition coefficient (Wildman–Crippen LogP) is 2.67. The predicted molar refractivity (Wildman–Crippen MR) is 91.7 cm³/mol. The number of carbonyl (C=O) groups is 1. The second-order valence-electron chi connectivity index (χ2n) is 6.69. The lowest BCUT2D eigenvalue weighted by molar-refractivity contribution is -0.179. The highest BCUT2D eigenvalue weighted by molar-refractivity contribution is 5.83. The number of nitrogens with zero attached hydrogens (tertiary/aromatic N) is 4. The summed E-state index contributed by atoms with van der Waals surface area (Å²) in [6.07, 6.45) is -2.53. The van der Waals surface area contributed by atoms with Crippen molar-refractivity contribution in [2.45, 2.75) is 38.7 Å². The molecule has 0 saturated carbocycles. The molecule has 0 bridgehead atoms. The van der Waals surface area contributed by atoms with Crippen LogP contribution in [0.5, 0.6) is 0 Å². The summed E-state index contributed by atoms with van der Waals surface area (Å²) in [4.78, 5) is 12.3. The molecule has 1 atom stereocenters. The molecule has 4 rings (SSSR count). The molecule has 1 aliphatic rings. The SMILES string of the molecule is O=C(Cn1ccc2ccccc21)NCc1nnc2n1CCC(C(F)(F)F)C2. The molecule has 6 nitrogen and oxygen atoms in total. The fourth-order valence-corrected chi connectivity index (χ4v) is 3.47. The summed E-state index contributed by atoms with van der Waals surface area (Å²) in [7, 11) is 0. The molecule has 0 aliphatic carbocycles. The molecule has 3 aromatic rings. The zero-order chi connectivity index (χ0) is 19.0. The van der Waals surface area contributed by atoms with Crippen molar-refractivity contribution in [2.75, 3.05) is 0 Å². The smallest absolute Gasteiger partial charge is 0.347 e. The summed E-state index contributed by atoms with van der Waals surface area (Å²) < 4.78 is 42.1. The van der Waals surface area contributed by atoms with Crippen molar-refractivity contribution in [3.8, 4) is 0 Å². The van der Waals surface area contributed by atoms with Crippen molar-refractivity contribution < 1.29 is 18.0 Å². The van der Waals surface area contributed by atoms with Crippen LogP contribution < -0.4 is 5.32 Å². The van der Waals surface area contributed by atoms with Crippen LogP contribution in [0.25, 0.3) is 10.9 Å². The monoisotopic (exact) mass is 377 g/mol. The van der Waals surface area contributed by atoms with Crippen LogP contribution in [0.15, 0.2) is 36.5 Å². The maximum absolute atomic E-state index is 12.9. The van der Waals surface area contributed by atoms with Crippen LogP contribution in [0.4, 0.5) is 13.2 Å². The molecule has 1 unspecified atom stereocenters. The van der Waals surface area contributed by atoms with E-state index in [0.717, 1.165) is 10.9 Å². The van der Waals surface area contributed by atoms with Crippen molar-refractivity contribution >= 4 is 16.8 Å². The molecule has 1 aromatic carbocycles. The van der Waals surface area contributed by atoms with E-state index in [1.165, 1.54) is 0 Å². The Morgan fingerprint density at radius 3 is 2.85 bits per heavy atom. The molecule has 27 heavy (non-hydrogen) atoms. The van der Waals surface area contributed by atoms with Crippen molar-refractivity contribution in [3.05, 3.63) is 48.2 Å². The minimum atomic E-state index is -4.22. The number of benzene rings is 1. The first-order valence-electron chi connectivity index (χ1n) is 8.70. The Morgan fingerprint density at radius 1 is 1.22 bits per heavy atom. The van der Waals surface area contributed by atoms with Gasteiger partial charge in [-0.15, -0.1) is 10.2 Å². The third kappa shape index (κ3) is 3.54. The van der Waals surface area contributed by atoms with Gasteiger partial charge in [0.05, 0.1) is 12.5 Å². The number of aromatic nitrogens is 4. The van der Waals surface area contributed by atoms with Gasteiger partial charge in [0.1, 0.15) is 12.4 Å².